The average Bonchev–Trinajstić information content (AvgIpc) is 2.83. The summed E-state index contributed by atoms with van der Waals surface area (Å²) in [6, 6.07) is 16.6. The highest BCUT2D eigenvalue weighted by molar-refractivity contribution is 5.85. The molecule has 2 unspecified atom stereocenters. The maximum absolute atomic E-state index is 13.4. The fourth-order valence-electron chi connectivity index (χ4n) is 3.69. The van der Waals surface area contributed by atoms with Gasteiger partial charge in [0.2, 0.25) is 5.88 Å². The first-order valence-corrected chi connectivity index (χ1v) is 11.2. The van der Waals surface area contributed by atoms with Crippen molar-refractivity contribution in [1.29, 1.82) is 5.26 Å². The largest absolute Gasteiger partial charge is 0.462 e. The monoisotopic (exact) mass is 499 g/mol. The van der Waals surface area contributed by atoms with Crippen LogP contribution in [0, 0.1) is 17.1 Å². The molecule has 0 aliphatic heterocycles. The van der Waals surface area contributed by atoms with Crippen molar-refractivity contribution in [2.24, 2.45) is 0 Å². The third-order valence-electron chi connectivity index (χ3n) is 5.75. The van der Waals surface area contributed by atoms with E-state index in [1.54, 1.807) is 37.3 Å². The van der Waals surface area contributed by atoms with Gasteiger partial charge in [0, 0.05) is 24.2 Å². The average molecular weight is 500 g/mol. The molecule has 3 rings (SSSR count). The lowest BCUT2D eigenvalue weighted by molar-refractivity contribution is -0.138. The third kappa shape index (κ3) is 6.81. The number of nitrogens with one attached hydrogen (secondary N) is 1. The predicted molar refractivity (Wildman–Crippen MR) is 126 cm³/mol. The van der Waals surface area contributed by atoms with Gasteiger partial charge in [-0.15, -0.1) is 0 Å². The van der Waals surface area contributed by atoms with E-state index in [-0.39, 0.29) is 17.6 Å². The van der Waals surface area contributed by atoms with Crippen LogP contribution in [0.1, 0.15) is 48.9 Å². The number of aromatic nitrogens is 1. The molecule has 36 heavy (non-hydrogen) atoms. The fraction of sp³-hybridized carbons (Fsp3) is 0.296. The van der Waals surface area contributed by atoms with Crippen LogP contribution in [0.3, 0.4) is 0 Å². The molecule has 0 radical (unpaired) electrons. The molecule has 0 aliphatic carbocycles. The van der Waals surface area contributed by atoms with E-state index < -0.39 is 29.3 Å². The number of hydrogen-bond donors (Lipinski definition) is 1. The predicted octanol–water partition coefficient (Wildman–Crippen LogP) is 5.80. The number of halogens is 4. The minimum Gasteiger partial charge on any atom is -0.462 e. The molecule has 188 valence electrons. The lowest BCUT2D eigenvalue weighted by Crippen LogP contribution is -2.51. The summed E-state index contributed by atoms with van der Waals surface area (Å²) in [5, 5.41) is 12.2. The number of amides is 1. The Morgan fingerprint density at radius 2 is 1.81 bits per heavy atom. The van der Waals surface area contributed by atoms with E-state index in [0.717, 1.165) is 23.3 Å². The summed E-state index contributed by atoms with van der Waals surface area (Å²) in [5.41, 5.74) is -0.250. The van der Waals surface area contributed by atoms with Gasteiger partial charge in [-0.25, -0.2) is 9.37 Å². The number of alkyl halides is 3. The van der Waals surface area contributed by atoms with Crippen LogP contribution in [-0.4, -0.2) is 22.5 Å². The lowest BCUT2D eigenvalue weighted by atomic mass is 9.85. The molecule has 0 spiro atoms. The van der Waals surface area contributed by atoms with Crippen molar-refractivity contribution in [3.63, 3.8) is 0 Å². The Bertz CT molecular complexity index is 1230. The first kappa shape index (κ1) is 26.7. The van der Waals surface area contributed by atoms with Crippen LogP contribution < -0.4 is 10.1 Å². The topological polar surface area (TPSA) is 75.0 Å². The number of carbonyl (C=O) groups excluding carboxylic acids is 1. The molecule has 0 bridgehead atoms. The van der Waals surface area contributed by atoms with Crippen molar-refractivity contribution in [2.45, 2.75) is 50.9 Å². The Morgan fingerprint density at radius 3 is 2.39 bits per heavy atom. The van der Waals surface area contributed by atoms with Crippen molar-refractivity contribution in [1.82, 2.24) is 10.3 Å². The number of nitrogens with zero attached hydrogens (tertiary/aromatic N) is 2. The maximum atomic E-state index is 13.4. The molecule has 1 amide bonds. The molecule has 2 aromatic carbocycles. The highest BCUT2D eigenvalue weighted by Gasteiger charge is 2.34. The van der Waals surface area contributed by atoms with Gasteiger partial charge in [0.05, 0.1) is 17.2 Å². The smallest absolute Gasteiger partial charge is 0.417 e. The van der Waals surface area contributed by atoms with Crippen molar-refractivity contribution >= 4 is 5.91 Å². The molecule has 0 aliphatic rings. The lowest BCUT2D eigenvalue weighted by Gasteiger charge is -2.30. The molecule has 1 aromatic heterocycles. The molecular weight excluding hydrogens is 474 g/mol. The van der Waals surface area contributed by atoms with E-state index >= 15 is 0 Å². The maximum Gasteiger partial charge on any atom is 0.417 e. The normalized spacial score (nSPS) is 13.4. The first-order valence-electron chi connectivity index (χ1n) is 11.2. The van der Waals surface area contributed by atoms with Crippen LogP contribution in [-0.2, 0) is 17.4 Å². The van der Waals surface area contributed by atoms with Crippen LogP contribution in [0.5, 0.6) is 5.88 Å². The molecule has 1 heterocycles. The van der Waals surface area contributed by atoms with E-state index in [4.69, 9.17) is 4.74 Å². The zero-order valence-electron chi connectivity index (χ0n) is 19.9. The van der Waals surface area contributed by atoms with Crippen LogP contribution in [0.25, 0.3) is 0 Å². The second-order valence-corrected chi connectivity index (χ2v) is 8.93. The summed E-state index contributed by atoms with van der Waals surface area (Å²) in [6.45, 7) is 4.77. The van der Waals surface area contributed by atoms with E-state index in [1.165, 1.54) is 26.0 Å². The van der Waals surface area contributed by atoms with Gasteiger partial charge in [0.1, 0.15) is 5.82 Å². The molecule has 0 fully saturated rings. The second kappa shape index (κ2) is 10.8. The summed E-state index contributed by atoms with van der Waals surface area (Å²) in [6.07, 6.45) is -3.43. The van der Waals surface area contributed by atoms with Gasteiger partial charge in [-0.3, -0.25) is 4.79 Å². The quantitative estimate of drug-likeness (QED) is 0.398. The summed E-state index contributed by atoms with van der Waals surface area (Å²) >= 11 is 0. The Balaban J connectivity index is 1.79. The highest BCUT2D eigenvalue weighted by atomic mass is 19.4. The van der Waals surface area contributed by atoms with Crippen LogP contribution in [0.2, 0.25) is 0 Å². The second-order valence-electron chi connectivity index (χ2n) is 8.93. The highest BCUT2D eigenvalue weighted by Crippen LogP contribution is 2.30. The van der Waals surface area contributed by atoms with Crippen molar-refractivity contribution in [2.75, 3.05) is 0 Å². The molecular formula is C27H25F4N3O2. The summed E-state index contributed by atoms with van der Waals surface area (Å²) in [5.74, 6) is -1.26. The van der Waals surface area contributed by atoms with Gasteiger partial charge in [-0.05, 0) is 68.7 Å². The minimum absolute atomic E-state index is 0.125. The number of pyridine rings is 1. The number of carbonyl (C=O) groups is 1. The number of hydrogen-bond acceptors (Lipinski definition) is 4. The molecule has 9 heteroatoms. The summed E-state index contributed by atoms with van der Waals surface area (Å²) in [4.78, 5) is 16.8. The zero-order chi connectivity index (χ0) is 26.5. The molecule has 5 nitrogen and oxygen atoms in total. The van der Waals surface area contributed by atoms with Gasteiger partial charge in [0.25, 0.3) is 5.91 Å². The van der Waals surface area contributed by atoms with Crippen LogP contribution >= 0.6 is 0 Å². The summed E-state index contributed by atoms with van der Waals surface area (Å²) in [7, 11) is 0. The fourth-order valence-corrected chi connectivity index (χ4v) is 3.69. The Kier molecular flexibility index (Phi) is 7.98. The van der Waals surface area contributed by atoms with Gasteiger partial charge >= 0.3 is 6.18 Å². The van der Waals surface area contributed by atoms with Crippen molar-refractivity contribution in [3.05, 3.63) is 94.9 Å². The van der Waals surface area contributed by atoms with E-state index in [1.807, 2.05) is 6.07 Å². The molecule has 1 N–H and O–H groups in total. The minimum atomic E-state index is -4.53. The van der Waals surface area contributed by atoms with E-state index in [0.29, 0.717) is 18.2 Å². The SMILES string of the molecule is CC(NC(=O)C(C)(C)Oc1ccc(C(F)(F)F)cn1)C(Cc1ccc(F)cc1)c1cccc(C#N)c1. The number of nitriles is 1. The van der Waals surface area contributed by atoms with Crippen LogP contribution in [0.4, 0.5) is 17.6 Å². The van der Waals surface area contributed by atoms with Crippen molar-refractivity contribution < 1.29 is 27.1 Å². The zero-order valence-corrected chi connectivity index (χ0v) is 19.9. The third-order valence-corrected chi connectivity index (χ3v) is 5.75. The number of benzene rings is 2. The van der Waals surface area contributed by atoms with E-state index in [9.17, 15) is 27.6 Å². The first-order chi connectivity index (χ1) is 16.9. The Hall–Kier alpha value is -3.93. The van der Waals surface area contributed by atoms with Crippen LogP contribution in [0.15, 0.2) is 66.9 Å². The molecule has 2 atom stereocenters. The van der Waals surface area contributed by atoms with Gasteiger partial charge in [0.15, 0.2) is 5.60 Å². The van der Waals surface area contributed by atoms with Gasteiger partial charge < -0.3 is 10.1 Å². The number of ether oxygens (including phenoxy) is 1. The van der Waals surface area contributed by atoms with E-state index in [2.05, 4.69) is 16.4 Å². The number of rotatable bonds is 8. The van der Waals surface area contributed by atoms with Gasteiger partial charge in [-0.2, -0.15) is 18.4 Å². The van der Waals surface area contributed by atoms with Gasteiger partial charge in [-0.1, -0.05) is 24.3 Å². The molecule has 3 aromatic rings. The molecule has 0 saturated carbocycles. The van der Waals surface area contributed by atoms with Crippen molar-refractivity contribution in [3.8, 4) is 11.9 Å². The Labute approximate surface area is 206 Å². The summed E-state index contributed by atoms with van der Waals surface area (Å²) < 4.78 is 57.4. The Morgan fingerprint density at radius 1 is 1.11 bits per heavy atom. The standard InChI is InChI=1S/C27H25F4N3O2/c1-17(34-25(35)26(2,3)36-24-12-9-21(16-33-24)27(29,30)31)23(14-18-7-10-22(28)11-8-18)20-6-4-5-19(13-20)15-32/h4-13,16-17,23H,14H2,1-3H3,(H,34,35). The molecule has 0 saturated heterocycles.